The van der Waals surface area contributed by atoms with Gasteiger partial charge in [-0.3, -0.25) is 9.69 Å². The van der Waals surface area contributed by atoms with Gasteiger partial charge in [0.1, 0.15) is 0 Å². The molecule has 4 aromatic carbocycles. The van der Waals surface area contributed by atoms with Crippen molar-refractivity contribution >= 4 is 16.7 Å². The maximum absolute atomic E-state index is 13.0. The molecule has 33 heavy (non-hydrogen) atoms. The van der Waals surface area contributed by atoms with Crippen molar-refractivity contribution in [2.75, 3.05) is 26.2 Å². The number of benzene rings is 4. The minimum absolute atomic E-state index is 0.223. The molecule has 0 radical (unpaired) electrons. The molecular formula is C30H30N2O. The van der Waals surface area contributed by atoms with E-state index in [1.165, 1.54) is 27.5 Å². The zero-order chi connectivity index (χ0) is 22.5. The van der Waals surface area contributed by atoms with Gasteiger partial charge in [-0.1, -0.05) is 103 Å². The van der Waals surface area contributed by atoms with Crippen LogP contribution in [0.25, 0.3) is 10.8 Å². The summed E-state index contributed by atoms with van der Waals surface area (Å²) in [7, 11) is 0. The SMILES string of the molecule is O=C(CCc1cccc2ccccc12)N1CCN(C(c2ccccc2)c2ccccc2)CC1. The summed E-state index contributed by atoms with van der Waals surface area (Å²) in [4.78, 5) is 17.6. The largest absolute Gasteiger partial charge is 0.340 e. The number of carbonyl (C=O) groups excluding carboxylic acids is 1. The lowest BCUT2D eigenvalue weighted by molar-refractivity contribution is -0.133. The number of amides is 1. The molecule has 0 N–H and O–H groups in total. The van der Waals surface area contributed by atoms with Gasteiger partial charge in [0, 0.05) is 32.6 Å². The van der Waals surface area contributed by atoms with E-state index in [2.05, 4.69) is 113 Å². The number of hydrogen-bond donors (Lipinski definition) is 0. The first-order valence-electron chi connectivity index (χ1n) is 11.9. The highest BCUT2D eigenvalue weighted by molar-refractivity contribution is 5.86. The van der Waals surface area contributed by atoms with Crippen molar-refractivity contribution in [2.45, 2.75) is 18.9 Å². The fourth-order valence-corrected chi connectivity index (χ4v) is 5.02. The Morgan fingerprint density at radius 3 is 1.91 bits per heavy atom. The summed E-state index contributed by atoms with van der Waals surface area (Å²) in [5, 5.41) is 2.50. The number of rotatable bonds is 6. The molecule has 0 aliphatic carbocycles. The number of hydrogen-bond acceptors (Lipinski definition) is 2. The van der Waals surface area contributed by atoms with Crippen LogP contribution in [0.5, 0.6) is 0 Å². The summed E-state index contributed by atoms with van der Waals surface area (Å²) >= 11 is 0. The third-order valence-electron chi connectivity index (χ3n) is 6.75. The van der Waals surface area contributed by atoms with Crippen molar-refractivity contribution < 1.29 is 4.79 Å². The van der Waals surface area contributed by atoms with Crippen LogP contribution < -0.4 is 0 Å². The van der Waals surface area contributed by atoms with E-state index >= 15 is 0 Å². The van der Waals surface area contributed by atoms with Crippen molar-refractivity contribution in [3.63, 3.8) is 0 Å². The van der Waals surface area contributed by atoms with Gasteiger partial charge in [-0.05, 0) is 33.9 Å². The minimum atomic E-state index is 0.223. The highest BCUT2D eigenvalue weighted by atomic mass is 16.2. The standard InChI is InChI=1S/C30H30N2O/c33-29(19-18-25-16-9-15-24-10-7-8-17-28(24)25)31-20-22-32(23-21-31)30(26-11-3-1-4-12-26)27-13-5-2-6-14-27/h1-17,30H,18-23H2. The summed E-state index contributed by atoms with van der Waals surface area (Å²) in [6, 6.07) is 36.4. The molecule has 1 aliphatic rings. The average Bonchev–Trinajstić information content (AvgIpc) is 2.89. The first kappa shape index (κ1) is 21.4. The Hall–Kier alpha value is -3.43. The van der Waals surface area contributed by atoms with Gasteiger partial charge in [0.15, 0.2) is 0 Å². The van der Waals surface area contributed by atoms with Crippen LogP contribution in [0.2, 0.25) is 0 Å². The van der Waals surface area contributed by atoms with Crippen LogP contribution in [0.15, 0.2) is 103 Å². The van der Waals surface area contributed by atoms with Gasteiger partial charge < -0.3 is 4.90 Å². The predicted octanol–water partition coefficient (Wildman–Crippen LogP) is 5.71. The normalized spacial score (nSPS) is 14.6. The molecular weight excluding hydrogens is 404 g/mol. The zero-order valence-corrected chi connectivity index (χ0v) is 18.9. The van der Waals surface area contributed by atoms with Crippen LogP contribution in [0.1, 0.15) is 29.2 Å². The van der Waals surface area contributed by atoms with Gasteiger partial charge >= 0.3 is 0 Å². The van der Waals surface area contributed by atoms with E-state index in [0.717, 1.165) is 32.6 Å². The van der Waals surface area contributed by atoms with Crippen molar-refractivity contribution in [1.82, 2.24) is 9.80 Å². The van der Waals surface area contributed by atoms with E-state index in [-0.39, 0.29) is 11.9 Å². The molecule has 0 spiro atoms. The lowest BCUT2D eigenvalue weighted by atomic mass is 9.96. The Morgan fingerprint density at radius 1 is 0.667 bits per heavy atom. The van der Waals surface area contributed by atoms with E-state index in [9.17, 15) is 4.79 Å². The quantitative estimate of drug-likeness (QED) is 0.388. The summed E-state index contributed by atoms with van der Waals surface area (Å²) in [5.74, 6) is 0.263. The van der Waals surface area contributed by atoms with Gasteiger partial charge in [-0.2, -0.15) is 0 Å². The molecule has 1 heterocycles. The van der Waals surface area contributed by atoms with Crippen LogP contribution >= 0.6 is 0 Å². The third kappa shape index (κ3) is 4.84. The van der Waals surface area contributed by atoms with Crippen LogP contribution in [0, 0.1) is 0 Å². The van der Waals surface area contributed by atoms with Crippen molar-refractivity contribution in [1.29, 1.82) is 0 Å². The monoisotopic (exact) mass is 434 g/mol. The lowest BCUT2D eigenvalue weighted by Gasteiger charge is -2.40. The second kappa shape index (κ2) is 10.0. The van der Waals surface area contributed by atoms with E-state index in [1.807, 2.05) is 0 Å². The third-order valence-corrected chi connectivity index (χ3v) is 6.75. The number of nitrogens with zero attached hydrogens (tertiary/aromatic N) is 2. The van der Waals surface area contributed by atoms with Crippen LogP contribution in [-0.2, 0) is 11.2 Å². The average molecular weight is 435 g/mol. The molecule has 166 valence electrons. The Balaban J connectivity index is 1.24. The van der Waals surface area contributed by atoms with Gasteiger partial charge in [0.25, 0.3) is 0 Å². The first-order chi connectivity index (χ1) is 16.3. The lowest BCUT2D eigenvalue weighted by Crippen LogP contribution is -2.49. The molecule has 0 aromatic heterocycles. The summed E-state index contributed by atoms with van der Waals surface area (Å²) in [5.41, 5.74) is 3.87. The molecule has 3 nitrogen and oxygen atoms in total. The summed E-state index contributed by atoms with van der Waals surface area (Å²) in [6.07, 6.45) is 1.35. The Morgan fingerprint density at radius 2 is 1.24 bits per heavy atom. The maximum atomic E-state index is 13.0. The zero-order valence-electron chi connectivity index (χ0n) is 18.9. The van der Waals surface area contributed by atoms with Gasteiger partial charge in [-0.15, -0.1) is 0 Å². The van der Waals surface area contributed by atoms with Crippen LogP contribution in [0.4, 0.5) is 0 Å². The number of aryl methyl sites for hydroxylation is 1. The molecule has 1 amide bonds. The molecule has 0 saturated carbocycles. The van der Waals surface area contributed by atoms with E-state index in [0.29, 0.717) is 6.42 Å². The summed E-state index contributed by atoms with van der Waals surface area (Å²) < 4.78 is 0. The van der Waals surface area contributed by atoms with Crippen molar-refractivity contribution in [3.8, 4) is 0 Å². The number of fused-ring (bicyclic) bond motifs is 1. The molecule has 1 aliphatic heterocycles. The Kier molecular flexibility index (Phi) is 6.50. The highest BCUT2D eigenvalue weighted by Crippen LogP contribution is 2.29. The fraction of sp³-hybridized carbons (Fsp3) is 0.233. The van der Waals surface area contributed by atoms with E-state index in [1.54, 1.807) is 0 Å². The van der Waals surface area contributed by atoms with E-state index in [4.69, 9.17) is 0 Å². The molecule has 0 atom stereocenters. The number of piperazine rings is 1. The molecule has 0 unspecified atom stereocenters. The highest BCUT2D eigenvalue weighted by Gasteiger charge is 2.28. The smallest absolute Gasteiger partial charge is 0.222 e. The Labute approximate surface area is 196 Å². The molecule has 1 fully saturated rings. The van der Waals surface area contributed by atoms with Crippen molar-refractivity contribution in [3.05, 3.63) is 120 Å². The van der Waals surface area contributed by atoms with E-state index < -0.39 is 0 Å². The predicted molar refractivity (Wildman–Crippen MR) is 135 cm³/mol. The Bertz CT molecular complexity index is 1150. The van der Waals surface area contributed by atoms with Gasteiger partial charge in [0.2, 0.25) is 5.91 Å². The molecule has 4 aromatic rings. The second-order valence-corrected chi connectivity index (χ2v) is 8.78. The summed E-state index contributed by atoms with van der Waals surface area (Å²) in [6.45, 7) is 3.33. The van der Waals surface area contributed by atoms with Crippen LogP contribution in [-0.4, -0.2) is 41.9 Å². The fourth-order valence-electron chi connectivity index (χ4n) is 5.02. The van der Waals surface area contributed by atoms with Crippen LogP contribution in [0.3, 0.4) is 0 Å². The molecule has 5 rings (SSSR count). The molecule has 1 saturated heterocycles. The van der Waals surface area contributed by atoms with Gasteiger partial charge in [-0.25, -0.2) is 0 Å². The molecule has 3 heteroatoms. The van der Waals surface area contributed by atoms with Gasteiger partial charge in [0.05, 0.1) is 6.04 Å². The second-order valence-electron chi connectivity index (χ2n) is 8.78. The minimum Gasteiger partial charge on any atom is -0.340 e. The first-order valence-corrected chi connectivity index (χ1v) is 11.9. The number of carbonyl (C=O) groups is 1. The molecule has 0 bridgehead atoms. The maximum Gasteiger partial charge on any atom is 0.222 e. The topological polar surface area (TPSA) is 23.6 Å². The van der Waals surface area contributed by atoms with Crippen molar-refractivity contribution in [2.24, 2.45) is 0 Å².